The van der Waals surface area contributed by atoms with E-state index in [1.807, 2.05) is 25.8 Å². The van der Waals surface area contributed by atoms with E-state index < -0.39 is 10.1 Å². The summed E-state index contributed by atoms with van der Waals surface area (Å²) < 4.78 is 38.0. The van der Waals surface area contributed by atoms with Gasteiger partial charge >= 0.3 is 0 Å². The average molecular weight is 336 g/mol. The highest BCUT2D eigenvalue weighted by atomic mass is 32.2. The Morgan fingerprint density at radius 2 is 2.05 bits per heavy atom. The van der Waals surface area contributed by atoms with Crippen molar-refractivity contribution in [1.82, 2.24) is 4.90 Å². The molecule has 0 fully saturated rings. The molecule has 0 spiro atoms. The van der Waals surface area contributed by atoms with Crippen LogP contribution in [0.4, 0.5) is 0 Å². The summed E-state index contributed by atoms with van der Waals surface area (Å²) in [5.41, 5.74) is 0. The smallest absolute Gasteiger partial charge is 0.284 e. The molecule has 1 unspecified atom stereocenters. The van der Waals surface area contributed by atoms with Crippen LogP contribution in [-0.2, 0) is 14.4 Å². The zero-order chi connectivity index (χ0) is 15.6. The van der Waals surface area contributed by atoms with Gasteiger partial charge in [-0.05, 0) is 20.9 Å². The molecule has 1 atom stereocenters. The van der Waals surface area contributed by atoms with Gasteiger partial charge in [0.25, 0.3) is 10.1 Å². The molecule has 1 aliphatic heterocycles. The van der Waals surface area contributed by atoms with Gasteiger partial charge in [-0.2, -0.15) is 18.6 Å². The van der Waals surface area contributed by atoms with Crippen LogP contribution in [0.5, 0.6) is 11.5 Å². The van der Waals surface area contributed by atoms with Crippen molar-refractivity contribution >= 4 is 21.5 Å². The van der Waals surface area contributed by atoms with Crippen LogP contribution < -0.4 is 15.4 Å². The van der Waals surface area contributed by atoms with Gasteiger partial charge in [-0.25, -0.2) is 0 Å². The van der Waals surface area contributed by atoms with Crippen molar-refractivity contribution in [2.45, 2.75) is 20.0 Å². The summed E-state index contributed by atoms with van der Waals surface area (Å²) >= 11 is 1.65. The van der Waals surface area contributed by atoms with E-state index in [0.717, 1.165) is 21.3 Å². The van der Waals surface area contributed by atoms with E-state index in [2.05, 4.69) is 4.28 Å². The van der Waals surface area contributed by atoms with Crippen LogP contribution in [-0.4, -0.2) is 51.9 Å². The monoisotopic (exact) mass is 336 g/mol. The molecule has 2 rings (SSSR count). The molecule has 0 bridgehead atoms. The van der Waals surface area contributed by atoms with Crippen LogP contribution in [0.3, 0.4) is 0 Å². The van der Waals surface area contributed by atoms with E-state index in [9.17, 15) is 8.42 Å². The molecule has 1 aromatic heterocycles. The lowest BCUT2D eigenvalue weighted by molar-refractivity contribution is 0.0668. The molecule has 21 heavy (non-hydrogen) atoms. The molecule has 0 radical (unpaired) electrons. The first-order chi connectivity index (χ1) is 9.82. The van der Waals surface area contributed by atoms with Gasteiger partial charge in [0, 0.05) is 22.8 Å². The molecule has 2 N–H and O–H groups in total. The lowest BCUT2D eigenvalue weighted by Gasteiger charge is -2.28. The Morgan fingerprint density at radius 1 is 1.38 bits per heavy atom. The topological polar surface area (TPSA) is 91.1 Å². The molecule has 7 nitrogen and oxygen atoms in total. The Bertz CT molecular complexity index is 599. The number of aryl methyl sites for hydroxylation is 2. The van der Waals surface area contributed by atoms with Gasteiger partial charge in [-0.3, -0.25) is 0 Å². The van der Waals surface area contributed by atoms with E-state index in [4.69, 9.17) is 15.4 Å². The Balaban J connectivity index is 1.89. The standard InChI is InChI=1S/C12H20N2O5S2/c1-8-11-12(9(2)20-8)18-10(7-17-11)6-14(3)4-5-21(15,16)19-13/h10H,4-7,13H2,1-3H3. The second-order valence-electron chi connectivity index (χ2n) is 5.04. The Labute approximate surface area is 128 Å². The summed E-state index contributed by atoms with van der Waals surface area (Å²) in [5, 5.41) is 0. The highest BCUT2D eigenvalue weighted by molar-refractivity contribution is 7.86. The van der Waals surface area contributed by atoms with Crippen molar-refractivity contribution in [2.24, 2.45) is 5.90 Å². The number of likely N-dealkylation sites (N-methyl/N-ethyl adjacent to an activating group) is 1. The van der Waals surface area contributed by atoms with Gasteiger partial charge in [0.1, 0.15) is 12.7 Å². The maximum atomic E-state index is 11.2. The second-order valence-corrected chi connectivity index (χ2v) is 8.19. The Hall–Kier alpha value is -0.870. The molecule has 0 saturated carbocycles. The van der Waals surface area contributed by atoms with Crippen LogP contribution in [0, 0.1) is 13.8 Å². The number of fused-ring (bicyclic) bond motifs is 1. The van der Waals surface area contributed by atoms with Crippen molar-refractivity contribution in [1.29, 1.82) is 0 Å². The number of hydrogen-bond donors (Lipinski definition) is 1. The van der Waals surface area contributed by atoms with Crippen LogP contribution >= 0.6 is 11.3 Å². The third-order valence-corrected chi connectivity index (χ3v) is 5.19. The van der Waals surface area contributed by atoms with E-state index in [1.165, 1.54) is 0 Å². The van der Waals surface area contributed by atoms with Gasteiger partial charge in [0.05, 0.1) is 5.75 Å². The fourth-order valence-corrected chi connectivity index (χ4v) is 3.74. The Kier molecular flexibility index (Phi) is 5.10. The predicted octanol–water partition coefficient (Wildman–Crippen LogP) is 0.657. The molecule has 2 heterocycles. The highest BCUT2D eigenvalue weighted by Gasteiger charge is 2.27. The molecule has 120 valence electrons. The largest absolute Gasteiger partial charge is 0.485 e. The van der Waals surface area contributed by atoms with Gasteiger partial charge < -0.3 is 14.4 Å². The van der Waals surface area contributed by atoms with Gasteiger partial charge in [-0.15, -0.1) is 11.3 Å². The maximum Gasteiger partial charge on any atom is 0.284 e. The highest BCUT2D eigenvalue weighted by Crippen LogP contribution is 2.43. The van der Waals surface area contributed by atoms with E-state index >= 15 is 0 Å². The normalized spacial score (nSPS) is 18.2. The lowest BCUT2D eigenvalue weighted by atomic mass is 10.3. The third kappa shape index (κ3) is 4.07. The van der Waals surface area contributed by atoms with Crippen molar-refractivity contribution < 1.29 is 22.2 Å². The SMILES string of the molecule is Cc1sc(C)c2c1OCC(CN(C)CCS(=O)(=O)ON)O2. The summed E-state index contributed by atoms with van der Waals surface area (Å²) in [6.45, 7) is 5.33. The van der Waals surface area contributed by atoms with Crippen molar-refractivity contribution in [2.75, 3.05) is 32.5 Å². The molecule has 0 aromatic carbocycles. The van der Waals surface area contributed by atoms with Gasteiger partial charge in [0.2, 0.25) is 0 Å². The molecule has 0 aliphatic carbocycles. The minimum absolute atomic E-state index is 0.128. The van der Waals surface area contributed by atoms with Crippen LogP contribution in [0.25, 0.3) is 0 Å². The Morgan fingerprint density at radius 3 is 2.71 bits per heavy atom. The summed E-state index contributed by atoms with van der Waals surface area (Å²) in [6.07, 6.45) is -0.128. The third-order valence-electron chi connectivity index (χ3n) is 3.23. The lowest BCUT2D eigenvalue weighted by Crippen LogP contribution is -2.41. The molecule has 9 heteroatoms. The van der Waals surface area contributed by atoms with E-state index in [0.29, 0.717) is 19.7 Å². The fraction of sp³-hybridized carbons (Fsp3) is 0.667. The minimum atomic E-state index is -3.64. The first-order valence-corrected chi connectivity index (χ1v) is 8.91. The molecule has 0 amide bonds. The van der Waals surface area contributed by atoms with Crippen LogP contribution in [0.15, 0.2) is 0 Å². The maximum absolute atomic E-state index is 11.2. The number of rotatable bonds is 6. The number of nitrogens with zero attached hydrogens (tertiary/aromatic N) is 1. The molecule has 0 saturated heterocycles. The predicted molar refractivity (Wildman–Crippen MR) is 80.3 cm³/mol. The fourth-order valence-electron chi connectivity index (χ4n) is 2.17. The first kappa shape index (κ1) is 16.5. The molecular formula is C12H20N2O5S2. The first-order valence-electron chi connectivity index (χ1n) is 6.51. The number of nitrogens with two attached hydrogens (primary N) is 1. The second kappa shape index (κ2) is 6.49. The van der Waals surface area contributed by atoms with Crippen molar-refractivity contribution in [3.63, 3.8) is 0 Å². The van der Waals surface area contributed by atoms with Crippen LogP contribution in [0.1, 0.15) is 9.75 Å². The van der Waals surface area contributed by atoms with Crippen LogP contribution in [0.2, 0.25) is 0 Å². The number of hydrogen-bond acceptors (Lipinski definition) is 8. The van der Waals surface area contributed by atoms with Crippen molar-refractivity contribution in [3.8, 4) is 11.5 Å². The van der Waals surface area contributed by atoms with E-state index in [1.54, 1.807) is 11.3 Å². The summed E-state index contributed by atoms with van der Waals surface area (Å²) in [7, 11) is -1.83. The van der Waals surface area contributed by atoms with Crippen molar-refractivity contribution in [3.05, 3.63) is 9.75 Å². The molecule has 1 aromatic rings. The average Bonchev–Trinajstić information content (AvgIpc) is 2.72. The summed E-state index contributed by atoms with van der Waals surface area (Å²) in [4.78, 5) is 4.05. The zero-order valence-electron chi connectivity index (χ0n) is 12.3. The molecular weight excluding hydrogens is 316 g/mol. The summed E-state index contributed by atoms with van der Waals surface area (Å²) in [5.74, 6) is 6.18. The summed E-state index contributed by atoms with van der Waals surface area (Å²) in [6, 6.07) is 0. The number of ether oxygens (including phenoxy) is 2. The quantitative estimate of drug-likeness (QED) is 0.763. The number of thiophene rings is 1. The van der Waals surface area contributed by atoms with Gasteiger partial charge in [-0.1, -0.05) is 0 Å². The molecule has 1 aliphatic rings. The zero-order valence-corrected chi connectivity index (χ0v) is 13.9. The minimum Gasteiger partial charge on any atom is -0.485 e. The van der Waals surface area contributed by atoms with Gasteiger partial charge in [0.15, 0.2) is 11.5 Å². The van der Waals surface area contributed by atoms with E-state index in [-0.39, 0.29) is 11.9 Å².